The maximum absolute atomic E-state index is 13.0. The van der Waals surface area contributed by atoms with Crippen LogP contribution in [0.25, 0.3) is 11.0 Å². The van der Waals surface area contributed by atoms with Crippen LogP contribution in [0, 0.1) is 13.8 Å². The lowest BCUT2D eigenvalue weighted by Crippen LogP contribution is -2.33. The van der Waals surface area contributed by atoms with Crippen LogP contribution in [0.4, 0.5) is 0 Å². The maximum atomic E-state index is 13.0. The van der Waals surface area contributed by atoms with Gasteiger partial charge in [0.2, 0.25) is 5.91 Å². The van der Waals surface area contributed by atoms with Gasteiger partial charge in [-0.25, -0.2) is 4.98 Å². The van der Waals surface area contributed by atoms with Gasteiger partial charge in [-0.2, -0.15) is 5.10 Å². The molecule has 6 heteroatoms. The van der Waals surface area contributed by atoms with Crippen molar-refractivity contribution in [3.05, 3.63) is 47.0 Å². The van der Waals surface area contributed by atoms with Crippen LogP contribution in [-0.2, 0) is 18.3 Å². The second-order valence-electron chi connectivity index (χ2n) is 6.85. The Bertz CT molecular complexity index is 919. The van der Waals surface area contributed by atoms with Crippen LogP contribution < -0.4 is 0 Å². The van der Waals surface area contributed by atoms with E-state index >= 15 is 0 Å². The molecule has 4 rings (SSSR count). The summed E-state index contributed by atoms with van der Waals surface area (Å²) in [6.07, 6.45) is 2.38. The number of rotatable bonds is 3. The molecule has 1 aliphatic heterocycles. The molecule has 0 saturated carbocycles. The summed E-state index contributed by atoms with van der Waals surface area (Å²) in [5, 5.41) is 7.17. The van der Waals surface area contributed by atoms with Gasteiger partial charge in [-0.1, -0.05) is 12.1 Å². The monoisotopic (exact) mass is 337 g/mol. The minimum atomic E-state index is 0.0532. The van der Waals surface area contributed by atoms with Gasteiger partial charge in [-0.3, -0.25) is 9.89 Å². The van der Waals surface area contributed by atoms with Gasteiger partial charge in [0.05, 0.1) is 29.2 Å². The highest BCUT2D eigenvalue weighted by molar-refractivity contribution is 5.80. The molecule has 130 valence electrons. The number of nitrogens with one attached hydrogen (secondary N) is 1. The lowest BCUT2D eigenvalue weighted by atomic mass is 10.1. The van der Waals surface area contributed by atoms with E-state index in [0.717, 1.165) is 53.2 Å². The number of benzene rings is 1. The summed E-state index contributed by atoms with van der Waals surface area (Å²) in [5.74, 6) is 1.13. The van der Waals surface area contributed by atoms with E-state index in [1.807, 2.05) is 44.0 Å². The van der Waals surface area contributed by atoms with Crippen molar-refractivity contribution in [1.82, 2.24) is 24.6 Å². The molecule has 25 heavy (non-hydrogen) atoms. The number of nitrogens with zero attached hydrogens (tertiary/aromatic N) is 4. The van der Waals surface area contributed by atoms with E-state index in [4.69, 9.17) is 4.98 Å². The van der Waals surface area contributed by atoms with Gasteiger partial charge < -0.3 is 9.47 Å². The molecule has 1 amide bonds. The SMILES string of the molecule is Cc1n[nH]c(C)c1CC(=O)N1CCCC1c1nc2ccccc2n1C. The number of imidazole rings is 1. The Labute approximate surface area is 146 Å². The van der Waals surface area contributed by atoms with Gasteiger partial charge in [-0.05, 0) is 38.8 Å². The van der Waals surface area contributed by atoms with Crippen LogP contribution in [0.5, 0.6) is 0 Å². The number of hydrogen-bond donors (Lipinski definition) is 1. The number of carbonyl (C=O) groups excluding carboxylic acids is 1. The molecule has 0 bridgehead atoms. The fourth-order valence-corrected chi connectivity index (χ4v) is 3.88. The summed E-state index contributed by atoms with van der Waals surface area (Å²) < 4.78 is 2.12. The first-order valence-electron chi connectivity index (χ1n) is 8.77. The standard InChI is InChI=1S/C19H23N5O/c1-12-14(13(2)22-21-12)11-18(25)24-10-6-9-17(24)19-20-15-7-4-5-8-16(15)23(19)3/h4-5,7-8,17H,6,9-11H2,1-3H3,(H,21,22). The smallest absolute Gasteiger partial charge is 0.227 e. The normalized spacial score (nSPS) is 17.6. The maximum Gasteiger partial charge on any atom is 0.227 e. The quantitative estimate of drug-likeness (QED) is 0.799. The Morgan fingerprint density at radius 3 is 2.84 bits per heavy atom. The van der Waals surface area contributed by atoms with Crippen molar-refractivity contribution in [3.63, 3.8) is 0 Å². The molecule has 1 atom stereocenters. The molecule has 6 nitrogen and oxygen atoms in total. The number of carbonyl (C=O) groups is 1. The molecule has 1 saturated heterocycles. The molecule has 3 heterocycles. The highest BCUT2D eigenvalue weighted by atomic mass is 16.2. The molecule has 0 spiro atoms. The minimum absolute atomic E-state index is 0.0532. The number of aryl methyl sites for hydroxylation is 3. The second-order valence-corrected chi connectivity index (χ2v) is 6.85. The summed E-state index contributed by atoms with van der Waals surface area (Å²) in [7, 11) is 2.04. The fourth-order valence-electron chi connectivity index (χ4n) is 3.88. The zero-order valence-electron chi connectivity index (χ0n) is 14.9. The number of amides is 1. The molecular formula is C19H23N5O. The topological polar surface area (TPSA) is 66.8 Å². The number of para-hydroxylation sites is 2. The van der Waals surface area contributed by atoms with Crippen LogP contribution in [0.1, 0.15) is 41.7 Å². The van der Waals surface area contributed by atoms with Crippen molar-refractivity contribution in [2.45, 2.75) is 39.2 Å². The predicted octanol–water partition coefficient (Wildman–Crippen LogP) is 2.82. The van der Waals surface area contributed by atoms with E-state index in [0.29, 0.717) is 6.42 Å². The number of aromatic amines is 1. The minimum Gasteiger partial charge on any atom is -0.332 e. The van der Waals surface area contributed by atoms with Crippen LogP contribution in [0.2, 0.25) is 0 Å². The van der Waals surface area contributed by atoms with Gasteiger partial charge in [0.25, 0.3) is 0 Å². The van der Waals surface area contributed by atoms with Crippen molar-refractivity contribution in [1.29, 1.82) is 0 Å². The van der Waals surface area contributed by atoms with Crippen molar-refractivity contribution in [3.8, 4) is 0 Å². The Balaban J connectivity index is 1.63. The molecular weight excluding hydrogens is 314 g/mol. The first-order chi connectivity index (χ1) is 12.1. The van der Waals surface area contributed by atoms with E-state index in [9.17, 15) is 4.79 Å². The van der Waals surface area contributed by atoms with Crippen molar-refractivity contribution >= 4 is 16.9 Å². The van der Waals surface area contributed by atoms with Crippen LogP contribution in [-0.4, -0.2) is 37.1 Å². The molecule has 1 aromatic carbocycles. The zero-order chi connectivity index (χ0) is 17.6. The Hall–Kier alpha value is -2.63. The molecule has 1 N–H and O–H groups in total. The first kappa shape index (κ1) is 15.9. The van der Waals surface area contributed by atoms with Gasteiger partial charge in [-0.15, -0.1) is 0 Å². The summed E-state index contributed by atoms with van der Waals surface area (Å²) in [5.41, 5.74) is 4.99. The van der Waals surface area contributed by atoms with E-state index < -0.39 is 0 Å². The predicted molar refractivity (Wildman–Crippen MR) is 96.2 cm³/mol. The van der Waals surface area contributed by atoms with Gasteiger partial charge in [0.1, 0.15) is 5.82 Å². The van der Waals surface area contributed by atoms with Crippen molar-refractivity contribution in [2.24, 2.45) is 7.05 Å². The largest absolute Gasteiger partial charge is 0.332 e. The highest BCUT2D eigenvalue weighted by Crippen LogP contribution is 2.33. The molecule has 3 aromatic rings. The van der Waals surface area contributed by atoms with Crippen LogP contribution >= 0.6 is 0 Å². The number of hydrogen-bond acceptors (Lipinski definition) is 3. The molecule has 2 aromatic heterocycles. The van der Waals surface area contributed by atoms with E-state index in [1.54, 1.807) is 0 Å². The lowest BCUT2D eigenvalue weighted by Gasteiger charge is -2.24. The third kappa shape index (κ3) is 2.62. The third-order valence-electron chi connectivity index (χ3n) is 5.30. The second kappa shape index (κ2) is 6.02. The fraction of sp³-hybridized carbons (Fsp3) is 0.421. The van der Waals surface area contributed by atoms with E-state index in [-0.39, 0.29) is 11.9 Å². The Kier molecular flexibility index (Phi) is 3.82. The average molecular weight is 337 g/mol. The van der Waals surface area contributed by atoms with Crippen LogP contribution in [0.15, 0.2) is 24.3 Å². The summed E-state index contributed by atoms with van der Waals surface area (Å²) in [4.78, 5) is 19.8. The first-order valence-corrected chi connectivity index (χ1v) is 8.77. The number of likely N-dealkylation sites (tertiary alicyclic amines) is 1. The molecule has 0 aliphatic carbocycles. The number of aromatic nitrogens is 4. The van der Waals surface area contributed by atoms with Crippen molar-refractivity contribution < 1.29 is 4.79 Å². The molecule has 1 unspecified atom stereocenters. The van der Waals surface area contributed by atoms with E-state index in [2.05, 4.69) is 20.8 Å². The number of H-pyrrole nitrogens is 1. The van der Waals surface area contributed by atoms with Crippen LogP contribution in [0.3, 0.4) is 0 Å². The van der Waals surface area contributed by atoms with Gasteiger partial charge >= 0.3 is 0 Å². The van der Waals surface area contributed by atoms with Gasteiger partial charge in [0.15, 0.2) is 0 Å². The summed E-state index contributed by atoms with van der Waals surface area (Å²) >= 11 is 0. The molecule has 1 fully saturated rings. The Morgan fingerprint density at radius 1 is 1.32 bits per heavy atom. The number of fused-ring (bicyclic) bond motifs is 1. The van der Waals surface area contributed by atoms with Crippen molar-refractivity contribution in [2.75, 3.05) is 6.54 Å². The average Bonchev–Trinajstić information content (AvgIpc) is 3.29. The van der Waals surface area contributed by atoms with E-state index in [1.165, 1.54) is 0 Å². The van der Waals surface area contributed by atoms with Gasteiger partial charge in [0, 0.05) is 24.8 Å². The zero-order valence-corrected chi connectivity index (χ0v) is 14.9. The lowest BCUT2D eigenvalue weighted by molar-refractivity contribution is -0.131. The Morgan fingerprint density at radius 2 is 2.12 bits per heavy atom. The molecule has 1 aliphatic rings. The molecule has 0 radical (unpaired) electrons. The summed E-state index contributed by atoms with van der Waals surface area (Å²) in [6.45, 7) is 4.71. The third-order valence-corrected chi connectivity index (χ3v) is 5.30. The summed E-state index contributed by atoms with van der Waals surface area (Å²) in [6, 6.07) is 8.18. The highest BCUT2D eigenvalue weighted by Gasteiger charge is 2.33.